The fourth-order valence-corrected chi connectivity index (χ4v) is 10.2. The van der Waals surface area contributed by atoms with E-state index in [4.69, 9.17) is 19.4 Å². The summed E-state index contributed by atoms with van der Waals surface area (Å²) in [7, 11) is -3.89. The molecule has 1 aromatic heterocycles. The van der Waals surface area contributed by atoms with E-state index in [0.29, 0.717) is 36.4 Å². The zero-order chi connectivity index (χ0) is 37.8. The molecular formula is C39H50N6O8S. The van der Waals surface area contributed by atoms with E-state index in [0.717, 1.165) is 63.3 Å². The first-order chi connectivity index (χ1) is 25.9. The number of hydrogen-bond acceptors (Lipinski definition) is 10. The van der Waals surface area contributed by atoms with Gasteiger partial charge in [0.05, 0.1) is 22.8 Å². The third kappa shape index (κ3) is 7.27. The van der Waals surface area contributed by atoms with E-state index in [1.54, 1.807) is 0 Å². The Morgan fingerprint density at radius 2 is 1.72 bits per heavy atom. The predicted octanol–water partition coefficient (Wildman–Crippen LogP) is 3.83. The van der Waals surface area contributed by atoms with Gasteiger partial charge < -0.3 is 25.0 Å². The fraction of sp³-hybridized carbons (Fsp3) is 0.641. The van der Waals surface area contributed by atoms with Crippen LogP contribution in [0.1, 0.15) is 96.1 Å². The van der Waals surface area contributed by atoms with Crippen LogP contribution in [0.5, 0.6) is 5.88 Å². The van der Waals surface area contributed by atoms with Crippen LogP contribution in [-0.2, 0) is 35.6 Å². The van der Waals surface area contributed by atoms with Crippen molar-refractivity contribution in [1.29, 1.82) is 0 Å². The first kappa shape index (κ1) is 36.7. The number of ether oxygens (including phenoxy) is 2. The van der Waals surface area contributed by atoms with Gasteiger partial charge in [0.1, 0.15) is 35.0 Å². The smallest absolute Gasteiger partial charge is 0.408 e. The van der Waals surface area contributed by atoms with Crippen LogP contribution in [0.4, 0.5) is 4.79 Å². The number of fused-ring (bicyclic) bond motifs is 5. The molecule has 8 rings (SSSR count). The number of nitrogens with zero attached hydrogens (tertiary/aromatic N) is 3. The van der Waals surface area contributed by atoms with Gasteiger partial charge in [-0.3, -0.25) is 19.1 Å². The van der Waals surface area contributed by atoms with E-state index in [2.05, 4.69) is 21.9 Å². The molecule has 54 heavy (non-hydrogen) atoms. The van der Waals surface area contributed by atoms with Crippen molar-refractivity contribution in [3.05, 3.63) is 42.6 Å². The molecule has 6 aliphatic rings. The van der Waals surface area contributed by atoms with Gasteiger partial charge in [0.25, 0.3) is 5.91 Å². The molecule has 15 heteroatoms. The highest BCUT2D eigenvalue weighted by Crippen LogP contribution is 2.50. The molecule has 4 saturated carbocycles. The Hall–Kier alpha value is -4.27. The van der Waals surface area contributed by atoms with Crippen molar-refractivity contribution < 1.29 is 37.1 Å². The number of rotatable bonds is 7. The molecule has 5 unspecified atom stereocenters. The Morgan fingerprint density at radius 1 is 1.00 bits per heavy atom. The summed E-state index contributed by atoms with van der Waals surface area (Å²) in [6, 6.07) is 5.53. The van der Waals surface area contributed by atoms with Crippen molar-refractivity contribution in [3.8, 4) is 5.88 Å². The highest BCUT2D eigenvalue weighted by molar-refractivity contribution is 7.91. The first-order valence-electron chi connectivity index (χ1n) is 19.6. The van der Waals surface area contributed by atoms with Gasteiger partial charge in [0.15, 0.2) is 0 Å². The minimum atomic E-state index is -3.89. The van der Waals surface area contributed by atoms with Gasteiger partial charge in [-0.25, -0.2) is 23.2 Å². The maximum absolute atomic E-state index is 14.8. The van der Waals surface area contributed by atoms with E-state index < -0.39 is 74.3 Å². The number of aromatic nitrogens is 2. The molecular weight excluding hydrogens is 713 g/mol. The summed E-state index contributed by atoms with van der Waals surface area (Å²) in [4.78, 5) is 67.4. The highest BCUT2D eigenvalue weighted by Gasteiger charge is 2.62. The molecule has 4 aliphatic carbocycles. The number of amides is 4. The van der Waals surface area contributed by atoms with E-state index in [-0.39, 0.29) is 31.2 Å². The third-order valence-electron chi connectivity index (χ3n) is 12.5. The average molecular weight is 763 g/mol. The van der Waals surface area contributed by atoms with Crippen LogP contribution in [-0.4, -0.2) is 88.2 Å². The number of nitrogens with one attached hydrogen (secondary N) is 3. The lowest BCUT2D eigenvalue weighted by Gasteiger charge is -2.32. The van der Waals surface area contributed by atoms with Crippen LogP contribution in [0, 0.1) is 17.8 Å². The van der Waals surface area contributed by atoms with Gasteiger partial charge >= 0.3 is 6.09 Å². The minimum Gasteiger partial charge on any atom is -0.471 e. The molecule has 1 aromatic carbocycles. The SMILES string of the molecule is C=C[C@@H]1C[C@]1(NC(=O)C1CC2CN1C(=O)C(C1CCCC1)NC(=O)OC1(C)CC1CCCCCc1nc3ccccc3nc1O2)C(=O)NS(=O)(=O)C1CC1. The number of sulfonamides is 1. The van der Waals surface area contributed by atoms with Gasteiger partial charge in [-0.15, -0.1) is 6.58 Å². The summed E-state index contributed by atoms with van der Waals surface area (Å²) >= 11 is 0. The molecule has 2 aliphatic heterocycles. The number of hydrogen-bond donors (Lipinski definition) is 3. The summed E-state index contributed by atoms with van der Waals surface area (Å²) < 4.78 is 40.3. The second-order valence-corrected chi connectivity index (χ2v) is 18.5. The largest absolute Gasteiger partial charge is 0.471 e. The topological polar surface area (TPSA) is 186 Å². The van der Waals surface area contributed by atoms with Crippen molar-refractivity contribution in [2.75, 3.05) is 6.54 Å². The Morgan fingerprint density at radius 3 is 2.43 bits per heavy atom. The maximum atomic E-state index is 14.8. The minimum absolute atomic E-state index is 0.0186. The number of benzene rings is 1. The molecule has 4 amide bonds. The quantitative estimate of drug-likeness (QED) is 0.350. The molecule has 290 valence electrons. The summed E-state index contributed by atoms with van der Waals surface area (Å²) in [5, 5.41) is 5.14. The van der Waals surface area contributed by atoms with Gasteiger partial charge in [0.2, 0.25) is 27.7 Å². The summed E-state index contributed by atoms with van der Waals surface area (Å²) in [6.45, 7) is 5.77. The van der Waals surface area contributed by atoms with Crippen molar-refractivity contribution in [2.45, 2.75) is 131 Å². The number of para-hydroxylation sites is 2. The lowest BCUT2D eigenvalue weighted by molar-refractivity contribution is -0.142. The molecule has 2 aromatic rings. The molecule has 0 radical (unpaired) electrons. The summed E-state index contributed by atoms with van der Waals surface area (Å²) in [5.41, 5.74) is -0.0130. The lowest BCUT2D eigenvalue weighted by Crippen LogP contribution is -2.59. The normalized spacial score (nSPS) is 33.2. The van der Waals surface area contributed by atoms with Crippen LogP contribution in [0.3, 0.4) is 0 Å². The third-order valence-corrected chi connectivity index (χ3v) is 14.4. The highest BCUT2D eigenvalue weighted by atomic mass is 32.2. The van der Waals surface area contributed by atoms with Gasteiger partial charge in [-0.05, 0) is 82.8 Å². The summed E-state index contributed by atoms with van der Waals surface area (Å²) in [5.74, 6) is -1.92. The fourth-order valence-electron chi connectivity index (χ4n) is 8.87. The van der Waals surface area contributed by atoms with E-state index in [9.17, 15) is 27.6 Å². The van der Waals surface area contributed by atoms with Crippen molar-refractivity contribution in [2.24, 2.45) is 17.8 Å². The van der Waals surface area contributed by atoms with Gasteiger partial charge in [0, 0.05) is 18.3 Å². The standard InChI is InChI=1S/C39H50N6O8S/c1-3-24-21-39(24,36(48)44-54(50,51)27-17-18-27)43-33(46)31-19-26-22-45(31)35(47)32(23-11-7-8-12-23)42-37(49)53-38(2)20-25(38)13-5-4-6-16-30-34(52-26)41-29-15-10-9-14-28(29)40-30/h3,9-10,14-15,23-27,31-32H,1,4-8,11-13,16-22H2,2H3,(H,42,49)(H,43,46)(H,44,48)/t24-,25?,26?,31?,32?,38?,39-/m1/s1. The van der Waals surface area contributed by atoms with E-state index in [1.165, 1.54) is 11.0 Å². The van der Waals surface area contributed by atoms with Crippen LogP contribution in [0.15, 0.2) is 36.9 Å². The predicted molar refractivity (Wildman–Crippen MR) is 197 cm³/mol. The summed E-state index contributed by atoms with van der Waals surface area (Å²) in [6.07, 6.45) is 9.77. The molecule has 14 nitrogen and oxygen atoms in total. The zero-order valence-electron chi connectivity index (χ0n) is 30.8. The van der Waals surface area contributed by atoms with Crippen LogP contribution < -0.4 is 20.1 Å². The monoisotopic (exact) mass is 762 g/mol. The Bertz CT molecular complexity index is 1970. The molecule has 3 N–H and O–H groups in total. The second kappa shape index (κ2) is 14.1. The van der Waals surface area contributed by atoms with Crippen molar-refractivity contribution in [3.63, 3.8) is 0 Å². The average Bonchev–Trinajstić information content (AvgIpc) is 4.09. The molecule has 0 spiro atoms. The van der Waals surface area contributed by atoms with Gasteiger partial charge in [-0.2, -0.15) is 0 Å². The van der Waals surface area contributed by atoms with E-state index >= 15 is 0 Å². The van der Waals surface area contributed by atoms with Crippen molar-refractivity contribution >= 4 is 44.9 Å². The second-order valence-electron chi connectivity index (χ2n) is 16.5. The number of alkyl carbamates (subject to hydrolysis) is 1. The zero-order valence-corrected chi connectivity index (χ0v) is 31.6. The van der Waals surface area contributed by atoms with E-state index in [1.807, 2.05) is 31.2 Å². The van der Waals surface area contributed by atoms with Crippen LogP contribution in [0.25, 0.3) is 11.0 Å². The Labute approximate surface area is 315 Å². The molecule has 3 heterocycles. The number of carbonyl (C=O) groups excluding carboxylic acids is 4. The van der Waals surface area contributed by atoms with Crippen molar-refractivity contribution in [1.82, 2.24) is 30.2 Å². The number of carbonyl (C=O) groups is 4. The molecule has 7 atom stereocenters. The first-order valence-corrected chi connectivity index (χ1v) is 21.2. The lowest BCUT2D eigenvalue weighted by atomic mass is 9.96. The molecule has 5 fully saturated rings. The van der Waals surface area contributed by atoms with Gasteiger partial charge in [-0.1, -0.05) is 43.9 Å². The van der Waals surface area contributed by atoms with Crippen LogP contribution >= 0.6 is 0 Å². The van der Waals surface area contributed by atoms with Crippen LogP contribution in [0.2, 0.25) is 0 Å². The Kier molecular flexibility index (Phi) is 9.58. The Balaban J connectivity index is 1.12. The maximum Gasteiger partial charge on any atom is 0.408 e. The molecule has 2 bridgehead atoms. The number of aryl methyl sites for hydroxylation is 1. The molecule has 1 saturated heterocycles.